The molecule has 0 spiro atoms. The first-order chi connectivity index (χ1) is 26.8. The fourth-order valence-electron chi connectivity index (χ4n) is 7.86. The van der Waals surface area contributed by atoms with Crippen molar-refractivity contribution in [2.24, 2.45) is 0 Å². The second-order valence-electron chi connectivity index (χ2n) is 13.7. The van der Waals surface area contributed by atoms with Gasteiger partial charge in [0.25, 0.3) is 0 Å². The number of hydrogen-bond donors (Lipinski definition) is 0. The van der Waals surface area contributed by atoms with Gasteiger partial charge in [-0.05, 0) is 86.6 Å². The van der Waals surface area contributed by atoms with Crippen LogP contribution in [0.2, 0.25) is 0 Å². The Kier molecular flexibility index (Phi) is 8.09. The summed E-state index contributed by atoms with van der Waals surface area (Å²) in [6, 6.07) is 77.2. The van der Waals surface area contributed by atoms with Crippen molar-refractivity contribution in [2.75, 3.05) is 4.90 Å². The summed E-state index contributed by atoms with van der Waals surface area (Å²) in [4.78, 5) is 2.45. The van der Waals surface area contributed by atoms with Gasteiger partial charge < -0.3 is 4.90 Å². The third-order valence-electron chi connectivity index (χ3n) is 10.5. The van der Waals surface area contributed by atoms with Gasteiger partial charge in [0, 0.05) is 37.0 Å². The van der Waals surface area contributed by atoms with Crippen molar-refractivity contribution in [3.63, 3.8) is 0 Å². The minimum atomic E-state index is 1.10. The molecule has 54 heavy (non-hydrogen) atoms. The summed E-state index contributed by atoms with van der Waals surface area (Å²) in [6.07, 6.45) is 0. The molecule has 1 nitrogen and oxygen atoms in total. The zero-order valence-electron chi connectivity index (χ0n) is 29.6. The zero-order chi connectivity index (χ0) is 35.8. The van der Waals surface area contributed by atoms with E-state index in [0.29, 0.717) is 0 Å². The molecule has 0 aliphatic rings. The lowest BCUT2D eigenvalue weighted by atomic mass is 9.95. The number of hydrogen-bond acceptors (Lipinski definition) is 2. The van der Waals surface area contributed by atoms with Crippen molar-refractivity contribution in [2.45, 2.75) is 0 Å². The SMILES string of the molecule is c1ccc(-c2ccc(-c3ccc(N(c4ccccc4-c4ccc5sc6ccccc6c5c4)c4ccccc4-c4cccc5ccccc45)cc3)cc2)cc1. The van der Waals surface area contributed by atoms with Gasteiger partial charge in [-0.3, -0.25) is 0 Å². The Morgan fingerprint density at radius 3 is 1.56 bits per heavy atom. The van der Waals surface area contributed by atoms with E-state index in [1.807, 2.05) is 11.3 Å². The third kappa shape index (κ3) is 5.74. The molecule has 0 fully saturated rings. The van der Waals surface area contributed by atoms with Crippen molar-refractivity contribution >= 4 is 59.3 Å². The highest BCUT2D eigenvalue weighted by Crippen LogP contribution is 2.47. The second kappa shape index (κ2) is 13.7. The molecule has 0 saturated carbocycles. The van der Waals surface area contributed by atoms with Crippen LogP contribution >= 0.6 is 11.3 Å². The summed E-state index contributed by atoms with van der Waals surface area (Å²) in [6.45, 7) is 0. The van der Waals surface area contributed by atoms with Gasteiger partial charge >= 0.3 is 0 Å². The number of thiophene rings is 1. The second-order valence-corrected chi connectivity index (χ2v) is 14.8. The zero-order valence-corrected chi connectivity index (χ0v) is 30.4. The van der Waals surface area contributed by atoms with Gasteiger partial charge in [0.15, 0.2) is 0 Å². The predicted molar refractivity (Wildman–Crippen MR) is 233 cm³/mol. The average molecular weight is 706 g/mol. The lowest BCUT2D eigenvalue weighted by Gasteiger charge is -2.30. The lowest BCUT2D eigenvalue weighted by molar-refractivity contribution is 1.28. The highest BCUT2D eigenvalue weighted by molar-refractivity contribution is 7.25. The number of anilines is 3. The Bertz CT molecular complexity index is 2920. The summed E-state index contributed by atoms with van der Waals surface area (Å²) >= 11 is 1.86. The highest BCUT2D eigenvalue weighted by atomic mass is 32.1. The molecule has 0 N–H and O–H groups in total. The highest BCUT2D eigenvalue weighted by Gasteiger charge is 2.21. The Morgan fingerprint density at radius 1 is 0.296 bits per heavy atom. The van der Waals surface area contributed by atoms with Crippen LogP contribution in [0.15, 0.2) is 212 Å². The molecule has 0 amide bonds. The molecule has 1 aromatic heterocycles. The summed E-state index contributed by atoms with van der Waals surface area (Å²) in [5.74, 6) is 0. The number of nitrogens with zero attached hydrogens (tertiary/aromatic N) is 1. The van der Waals surface area contributed by atoms with E-state index in [1.54, 1.807) is 0 Å². The first-order valence-electron chi connectivity index (χ1n) is 18.4. The molecule has 10 rings (SSSR count). The van der Waals surface area contributed by atoms with Crippen molar-refractivity contribution in [1.29, 1.82) is 0 Å². The normalized spacial score (nSPS) is 11.3. The van der Waals surface area contributed by atoms with E-state index in [-0.39, 0.29) is 0 Å². The Hall–Kier alpha value is -6.74. The maximum atomic E-state index is 2.45. The van der Waals surface area contributed by atoms with E-state index in [0.717, 1.165) is 17.1 Å². The average Bonchev–Trinajstić information content (AvgIpc) is 3.63. The number of fused-ring (bicyclic) bond motifs is 4. The van der Waals surface area contributed by atoms with E-state index < -0.39 is 0 Å². The van der Waals surface area contributed by atoms with E-state index in [2.05, 4.69) is 217 Å². The van der Waals surface area contributed by atoms with Gasteiger partial charge in [0.05, 0.1) is 11.4 Å². The van der Waals surface area contributed by atoms with Crippen LogP contribution in [0.3, 0.4) is 0 Å². The quantitative estimate of drug-likeness (QED) is 0.160. The fraction of sp³-hybridized carbons (Fsp3) is 0. The molecule has 9 aromatic carbocycles. The molecule has 0 aliphatic carbocycles. The molecule has 254 valence electrons. The number of rotatable bonds is 7. The van der Waals surface area contributed by atoms with Gasteiger partial charge in [-0.2, -0.15) is 0 Å². The molecule has 0 atom stereocenters. The Morgan fingerprint density at radius 2 is 0.796 bits per heavy atom. The molecule has 0 unspecified atom stereocenters. The molecular formula is C52H35NS. The summed E-state index contributed by atoms with van der Waals surface area (Å²) in [5.41, 5.74) is 13.0. The van der Waals surface area contributed by atoms with E-state index >= 15 is 0 Å². The van der Waals surface area contributed by atoms with Gasteiger partial charge in [-0.15, -0.1) is 11.3 Å². The maximum Gasteiger partial charge on any atom is 0.0540 e. The van der Waals surface area contributed by atoms with Gasteiger partial charge in [-0.25, -0.2) is 0 Å². The molecule has 0 aliphatic heterocycles. The van der Waals surface area contributed by atoms with Gasteiger partial charge in [-0.1, -0.05) is 170 Å². The lowest BCUT2D eigenvalue weighted by Crippen LogP contribution is -2.12. The number of benzene rings is 9. The minimum absolute atomic E-state index is 1.10. The first kappa shape index (κ1) is 32.0. The van der Waals surface area contributed by atoms with Crippen LogP contribution in [0, 0.1) is 0 Å². The smallest absolute Gasteiger partial charge is 0.0540 e. The Labute approximate surface area is 319 Å². The maximum absolute atomic E-state index is 2.45. The van der Waals surface area contributed by atoms with Crippen molar-refractivity contribution in [1.82, 2.24) is 0 Å². The monoisotopic (exact) mass is 705 g/mol. The van der Waals surface area contributed by atoms with Crippen LogP contribution in [0.25, 0.3) is 75.5 Å². The molecular weight excluding hydrogens is 671 g/mol. The van der Waals surface area contributed by atoms with Crippen LogP contribution in [0.5, 0.6) is 0 Å². The van der Waals surface area contributed by atoms with Crippen LogP contribution < -0.4 is 4.90 Å². The fourth-order valence-corrected chi connectivity index (χ4v) is 8.95. The topological polar surface area (TPSA) is 3.24 Å². The van der Waals surface area contributed by atoms with Crippen molar-refractivity contribution in [3.8, 4) is 44.5 Å². The standard InChI is InChI=1S/C52H35NS/c1-2-13-36(14-3-1)37-25-27-38(28-26-37)39-29-32-42(33-30-39)53(50-23-10-7-19-46(50)45-21-12-16-40-15-4-5-17-43(40)45)49-22-9-6-18-44(49)41-31-34-52-48(35-41)47-20-8-11-24-51(47)54-52/h1-35H. The molecule has 1 heterocycles. The largest absolute Gasteiger partial charge is 0.309 e. The first-order valence-corrected chi connectivity index (χ1v) is 19.2. The van der Waals surface area contributed by atoms with Crippen LogP contribution in [0.4, 0.5) is 17.1 Å². The van der Waals surface area contributed by atoms with Crippen LogP contribution in [-0.4, -0.2) is 0 Å². The summed E-state index contributed by atoms with van der Waals surface area (Å²) in [7, 11) is 0. The molecule has 0 bridgehead atoms. The van der Waals surface area contributed by atoms with Gasteiger partial charge in [0.1, 0.15) is 0 Å². The Balaban J connectivity index is 1.14. The number of para-hydroxylation sites is 2. The van der Waals surface area contributed by atoms with E-state index in [9.17, 15) is 0 Å². The minimum Gasteiger partial charge on any atom is -0.309 e. The van der Waals surface area contributed by atoms with E-state index in [1.165, 1.54) is 75.5 Å². The summed E-state index contributed by atoms with van der Waals surface area (Å²) in [5, 5.41) is 5.08. The summed E-state index contributed by atoms with van der Waals surface area (Å²) < 4.78 is 2.63. The van der Waals surface area contributed by atoms with Gasteiger partial charge in [0.2, 0.25) is 0 Å². The molecule has 0 saturated heterocycles. The van der Waals surface area contributed by atoms with Crippen molar-refractivity contribution < 1.29 is 0 Å². The predicted octanol–water partition coefficient (Wildman–Crippen LogP) is 15.3. The molecule has 0 radical (unpaired) electrons. The molecule has 10 aromatic rings. The van der Waals surface area contributed by atoms with Crippen molar-refractivity contribution in [3.05, 3.63) is 212 Å². The van der Waals surface area contributed by atoms with Crippen LogP contribution in [-0.2, 0) is 0 Å². The van der Waals surface area contributed by atoms with Crippen LogP contribution in [0.1, 0.15) is 0 Å². The third-order valence-corrected chi connectivity index (χ3v) is 11.7. The molecule has 2 heteroatoms. The van der Waals surface area contributed by atoms with E-state index in [4.69, 9.17) is 0 Å².